The summed E-state index contributed by atoms with van der Waals surface area (Å²) in [6.07, 6.45) is 0. The van der Waals surface area contributed by atoms with Gasteiger partial charge in [-0.05, 0) is 43.9 Å². The molecule has 20 heavy (non-hydrogen) atoms. The van der Waals surface area contributed by atoms with E-state index in [9.17, 15) is 0 Å². The van der Waals surface area contributed by atoms with E-state index in [0.717, 1.165) is 39.3 Å². The molecular weight excluding hydrogens is 266 g/mol. The highest BCUT2D eigenvalue weighted by atomic mass is 32.1. The summed E-state index contributed by atoms with van der Waals surface area (Å²) in [6.45, 7) is 16.0. The Bertz CT molecular complexity index is 400. The van der Waals surface area contributed by atoms with Crippen molar-refractivity contribution < 1.29 is 0 Å². The lowest BCUT2D eigenvalue weighted by Crippen LogP contribution is -2.53. The molecule has 2 unspecified atom stereocenters. The number of piperazine rings is 1. The predicted octanol–water partition coefficient (Wildman–Crippen LogP) is 2.73. The van der Waals surface area contributed by atoms with E-state index in [1.165, 1.54) is 5.56 Å². The second-order valence-corrected chi connectivity index (χ2v) is 6.71. The first-order valence-electron chi connectivity index (χ1n) is 7.90. The highest BCUT2D eigenvalue weighted by Gasteiger charge is 2.29. The molecule has 1 aliphatic heterocycles. The minimum atomic E-state index is 0.548. The topological polar surface area (TPSA) is 18.5 Å². The van der Waals surface area contributed by atoms with E-state index in [-0.39, 0.29) is 0 Å². The average molecular weight is 295 g/mol. The zero-order chi connectivity index (χ0) is 14.5. The van der Waals surface area contributed by atoms with Crippen LogP contribution in [0.25, 0.3) is 0 Å². The van der Waals surface area contributed by atoms with Gasteiger partial charge in [0.2, 0.25) is 0 Å². The van der Waals surface area contributed by atoms with Gasteiger partial charge in [-0.1, -0.05) is 13.8 Å². The molecule has 1 aromatic rings. The number of nitrogens with zero attached hydrogens (tertiary/aromatic N) is 2. The maximum Gasteiger partial charge on any atom is 0.0575 e. The molecule has 1 aliphatic rings. The van der Waals surface area contributed by atoms with Gasteiger partial charge in [-0.2, -0.15) is 0 Å². The van der Waals surface area contributed by atoms with Gasteiger partial charge in [0, 0.05) is 37.1 Å². The third-order valence-corrected chi connectivity index (χ3v) is 5.60. The Morgan fingerprint density at radius 1 is 1.45 bits per heavy atom. The number of thiophene rings is 1. The molecule has 4 heteroatoms. The number of rotatable bonds is 6. The molecule has 114 valence electrons. The van der Waals surface area contributed by atoms with Crippen molar-refractivity contribution in [3.8, 4) is 0 Å². The minimum Gasteiger partial charge on any atom is -0.314 e. The fraction of sp³-hybridized carbons (Fsp3) is 0.750. The highest BCUT2D eigenvalue weighted by Crippen LogP contribution is 2.31. The molecule has 0 aromatic carbocycles. The van der Waals surface area contributed by atoms with Crippen molar-refractivity contribution >= 4 is 11.3 Å². The molecule has 2 rings (SSSR count). The van der Waals surface area contributed by atoms with Gasteiger partial charge in [-0.3, -0.25) is 4.90 Å². The summed E-state index contributed by atoms with van der Waals surface area (Å²) in [5.74, 6) is 0. The lowest BCUT2D eigenvalue weighted by molar-refractivity contribution is 0.0887. The molecule has 1 aromatic heterocycles. The summed E-state index contributed by atoms with van der Waals surface area (Å²) in [5, 5.41) is 5.75. The van der Waals surface area contributed by atoms with Gasteiger partial charge in [0.05, 0.1) is 6.04 Å². The van der Waals surface area contributed by atoms with Crippen molar-refractivity contribution in [1.82, 2.24) is 15.1 Å². The van der Waals surface area contributed by atoms with E-state index >= 15 is 0 Å². The number of nitrogens with one attached hydrogen (secondary N) is 1. The Hall–Kier alpha value is -0.420. The normalized spacial score (nSPS) is 22.4. The number of aryl methyl sites for hydroxylation is 1. The molecule has 2 heterocycles. The van der Waals surface area contributed by atoms with Gasteiger partial charge in [0.15, 0.2) is 0 Å². The van der Waals surface area contributed by atoms with Gasteiger partial charge < -0.3 is 10.2 Å². The van der Waals surface area contributed by atoms with Crippen LogP contribution in [0.2, 0.25) is 0 Å². The second kappa shape index (κ2) is 7.55. The molecule has 0 bridgehead atoms. The summed E-state index contributed by atoms with van der Waals surface area (Å²) in [5.41, 5.74) is 1.46. The summed E-state index contributed by atoms with van der Waals surface area (Å²) in [6, 6.07) is 3.43. The quantitative estimate of drug-likeness (QED) is 0.870. The molecule has 1 saturated heterocycles. The van der Waals surface area contributed by atoms with Gasteiger partial charge >= 0.3 is 0 Å². The van der Waals surface area contributed by atoms with Crippen LogP contribution in [0, 0.1) is 6.92 Å². The van der Waals surface area contributed by atoms with Crippen LogP contribution in [-0.4, -0.2) is 55.1 Å². The third kappa shape index (κ3) is 3.61. The Morgan fingerprint density at radius 3 is 2.75 bits per heavy atom. The van der Waals surface area contributed by atoms with E-state index < -0.39 is 0 Å². The van der Waals surface area contributed by atoms with E-state index in [0.29, 0.717) is 12.1 Å². The standard InChI is InChI=1S/C16H29N3S/c1-5-18(6-2)12-15(16-13(3)7-10-20-16)19-9-8-17-11-14(19)4/h7,10,14-15,17H,5-6,8-9,11-12H2,1-4H3. The maximum atomic E-state index is 3.51. The molecule has 0 spiro atoms. The van der Waals surface area contributed by atoms with E-state index in [2.05, 4.69) is 54.3 Å². The number of hydrogen-bond acceptors (Lipinski definition) is 4. The highest BCUT2D eigenvalue weighted by molar-refractivity contribution is 7.10. The van der Waals surface area contributed by atoms with Gasteiger partial charge in [0.1, 0.15) is 0 Å². The Morgan fingerprint density at radius 2 is 2.20 bits per heavy atom. The molecule has 0 radical (unpaired) electrons. The third-order valence-electron chi connectivity index (χ3n) is 4.48. The average Bonchev–Trinajstić information content (AvgIpc) is 2.88. The first-order valence-corrected chi connectivity index (χ1v) is 8.78. The van der Waals surface area contributed by atoms with Gasteiger partial charge in [-0.15, -0.1) is 11.3 Å². The van der Waals surface area contributed by atoms with E-state index in [1.807, 2.05) is 11.3 Å². The first kappa shape index (κ1) is 16.0. The lowest BCUT2D eigenvalue weighted by Gasteiger charge is -2.41. The van der Waals surface area contributed by atoms with Crippen molar-refractivity contribution in [3.05, 3.63) is 21.9 Å². The second-order valence-electron chi connectivity index (χ2n) is 5.76. The molecule has 1 fully saturated rings. The predicted molar refractivity (Wildman–Crippen MR) is 88.6 cm³/mol. The van der Waals surface area contributed by atoms with Crippen LogP contribution in [0.3, 0.4) is 0 Å². The van der Waals surface area contributed by atoms with Crippen molar-refractivity contribution in [2.75, 3.05) is 39.3 Å². The molecule has 0 aliphatic carbocycles. The number of hydrogen-bond donors (Lipinski definition) is 1. The van der Waals surface area contributed by atoms with Crippen LogP contribution in [0.5, 0.6) is 0 Å². The Balaban J connectivity index is 2.21. The SMILES string of the molecule is CCN(CC)CC(c1sccc1C)N1CCNCC1C. The van der Waals surface area contributed by atoms with E-state index in [4.69, 9.17) is 0 Å². The summed E-state index contributed by atoms with van der Waals surface area (Å²) >= 11 is 1.93. The van der Waals surface area contributed by atoms with Crippen LogP contribution in [0.1, 0.15) is 37.3 Å². The Kier molecular flexibility index (Phi) is 6.02. The van der Waals surface area contributed by atoms with Crippen molar-refractivity contribution in [2.45, 2.75) is 39.8 Å². The van der Waals surface area contributed by atoms with Crippen LogP contribution < -0.4 is 5.32 Å². The summed E-state index contributed by atoms with van der Waals surface area (Å²) in [4.78, 5) is 6.82. The fourth-order valence-corrected chi connectivity index (χ4v) is 4.15. The maximum absolute atomic E-state index is 3.51. The monoisotopic (exact) mass is 295 g/mol. The summed E-state index contributed by atoms with van der Waals surface area (Å²) < 4.78 is 0. The zero-order valence-corrected chi connectivity index (χ0v) is 14.2. The fourth-order valence-electron chi connectivity index (χ4n) is 3.11. The zero-order valence-electron chi connectivity index (χ0n) is 13.4. The number of likely N-dealkylation sites (N-methyl/N-ethyl adjacent to an activating group) is 1. The van der Waals surface area contributed by atoms with Gasteiger partial charge in [-0.25, -0.2) is 0 Å². The molecular formula is C16H29N3S. The molecule has 0 saturated carbocycles. The van der Waals surface area contributed by atoms with Gasteiger partial charge in [0.25, 0.3) is 0 Å². The molecule has 3 nitrogen and oxygen atoms in total. The van der Waals surface area contributed by atoms with Crippen LogP contribution in [0.15, 0.2) is 11.4 Å². The largest absolute Gasteiger partial charge is 0.314 e. The molecule has 0 amide bonds. The molecule has 2 atom stereocenters. The van der Waals surface area contributed by atoms with Crippen molar-refractivity contribution in [2.24, 2.45) is 0 Å². The van der Waals surface area contributed by atoms with Crippen LogP contribution >= 0.6 is 11.3 Å². The first-order chi connectivity index (χ1) is 9.67. The lowest BCUT2D eigenvalue weighted by atomic mass is 10.1. The van der Waals surface area contributed by atoms with Crippen molar-refractivity contribution in [3.63, 3.8) is 0 Å². The van der Waals surface area contributed by atoms with Crippen LogP contribution in [-0.2, 0) is 0 Å². The van der Waals surface area contributed by atoms with E-state index in [1.54, 1.807) is 4.88 Å². The smallest absolute Gasteiger partial charge is 0.0575 e. The minimum absolute atomic E-state index is 0.548. The van der Waals surface area contributed by atoms with Crippen molar-refractivity contribution in [1.29, 1.82) is 0 Å². The summed E-state index contributed by atoms with van der Waals surface area (Å²) in [7, 11) is 0. The van der Waals surface area contributed by atoms with Crippen LogP contribution in [0.4, 0.5) is 0 Å². The Labute approximate surface area is 128 Å². The molecule has 1 N–H and O–H groups in total.